The molecule has 0 saturated heterocycles. The summed E-state index contributed by atoms with van der Waals surface area (Å²) in [7, 11) is 0. The predicted octanol–water partition coefficient (Wildman–Crippen LogP) is 3.54. The van der Waals surface area contributed by atoms with E-state index in [9.17, 15) is 9.90 Å². The molecule has 1 fully saturated rings. The molecule has 27 heavy (non-hydrogen) atoms. The van der Waals surface area contributed by atoms with E-state index in [2.05, 4.69) is 12.0 Å². The van der Waals surface area contributed by atoms with Crippen molar-refractivity contribution in [3.8, 4) is 11.1 Å². The lowest BCUT2D eigenvalue weighted by molar-refractivity contribution is -0.0502. The van der Waals surface area contributed by atoms with Gasteiger partial charge in [0.25, 0.3) is 5.56 Å². The van der Waals surface area contributed by atoms with Gasteiger partial charge in [-0.3, -0.25) is 4.79 Å². The standard InChI is InChI=1S/C21H26N4O2/c1-14(2)25-20(26)16(10-12-22-25)18-17-9-5-7-13-24(17)23-19(18)21(27)11-6-4-8-15(21)3/h5,7,9-10,12-15,27H,4,6,8,11H2,1-3H3. The van der Waals surface area contributed by atoms with Gasteiger partial charge in [-0.25, -0.2) is 9.20 Å². The van der Waals surface area contributed by atoms with Crippen molar-refractivity contribution in [2.45, 2.75) is 58.1 Å². The van der Waals surface area contributed by atoms with Crippen LogP contribution in [0.2, 0.25) is 0 Å². The second-order valence-electron chi connectivity index (χ2n) is 7.91. The number of hydrogen-bond donors (Lipinski definition) is 1. The zero-order chi connectivity index (χ0) is 19.2. The normalized spacial score (nSPS) is 23.2. The highest BCUT2D eigenvalue weighted by molar-refractivity contribution is 5.82. The van der Waals surface area contributed by atoms with E-state index in [-0.39, 0.29) is 17.5 Å². The van der Waals surface area contributed by atoms with Gasteiger partial charge in [-0.15, -0.1) is 0 Å². The minimum absolute atomic E-state index is 0.0422. The number of hydrogen-bond acceptors (Lipinski definition) is 4. The van der Waals surface area contributed by atoms with Gasteiger partial charge in [0.05, 0.1) is 17.1 Å². The Kier molecular flexibility index (Phi) is 4.38. The first-order chi connectivity index (χ1) is 12.9. The molecule has 6 nitrogen and oxygen atoms in total. The molecule has 3 heterocycles. The topological polar surface area (TPSA) is 72.4 Å². The summed E-state index contributed by atoms with van der Waals surface area (Å²) in [5.74, 6) is 0.0871. The highest BCUT2D eigenvalue weighted by Gasteiger charge is 2.42. The first kappa shape index (κ1) is 17.9. The molecule has 3 aromatic rings. The third kappa shape index (κ3) is 2.79. The molecule has 0 aromatic carbocycles. The molecule has 1 saturated carbocycles. The van der Waals surface area contributed by atoms with Crippen LogP contribution in [0.15, 0.2) is 41.5 Å². The maximum Gasteiger partial charge on any atom is 0.275 e. The highest BCUT2D eigenvalue weighted by atomic mass is 16.3. The van der Waals surface area contributed by atoms with Crippen LogP contribution in [0.25, 0.3) is 16.6 Å². The summed E-state index contributed by atoms with van der Waals surface area (Å²) in [5.41, 5.74) is 1.53. The third-order valence-corrected chi connectivity index (χ3v) is 5.84. The summed E-state index contributed by atoms with van der Waals surface area (Å²) >= 11 is 0. The lowest BCUT2D eigenvalue weighted by Gasteiger charge is -2.37. The number of aromatic nitrogens is 4. The number of aliphatic hydroxyl groups is 1. The maximum absolute atomic E-state index is 13.2. The van der Waals surface area contributed by atoms with Gasteiger partial charge < -0.3 is 5.11 Å². The molecule has 2 atom stereocenters. The highest BCUT2D eigenvalue weighted by Crippen LogP contribution is 2.45. The van der Waals surface area contributed by atoms with Crippen LogP contribution in [0.3, 0.4) is 0 Å². The zero-order valence-electron chi connectivity index (χ0n) is 16.1. The van der Waals surface area contributed by atoms with Gasteiger partial charge >= 0.3 is 0 Å². The molecule has 0 bridgehead atoms. The van der Waals surface area contributed by atoms with E-state index >= 15 is 0 Å². The Bertz CT molecular complexity index is 1040. The second-order valence-corrected chi connectivity index (χ2v) is 7.91. The number of nitrogens with zero attached hydrogens (tertiary/aromatic N) is 4. The van der Waals surface area contributed by atoms with Crippen LogP contribution in [0.1, 0.15) is 58.2 Å². The van der Waals surface area contributed by atoms with Crippen molar-refractivity contribution in [3.05, 3.63) is 52.7 Å². The Morgan fingerprint density at radius 3 is 2.81 bits per heavy atom. The third-order valence-electron chi connectivity index (χ3n) is 5.84. The fourth-order valence-corrected chi connectivity index (χ4v) is 4.23. The fourth-order valence-electron chi connectivity index (χ4n) is 4.23. The van der Waals surface area contributed by atoms with E-state index in [1.165, 1.54) is 4.68 Å². The average molecular weight is 366 g/mol. The molecule has 2 unspecified atom stereocenters. The Morgan fingerprint density at radius 1 is 1.26 bits per heavy atom. The van der Waals surface area contributed by atoms with Gasteiger partial charge in [-0.2, -0.15) is 10.2 Å². The Balaban J connectivity index is 2.04. The van der Waals surface area contributed by atoms with E-state index in [4.69, 9.17) is 5.10 Å². The van der Waals surface area contributed by atoms with Crippen LogP contribution in [0.4, 0.5) is 0 Å². The quantitative estimate of drug-likeness (QED) is 0.770. The first-order valence-electron chi connectivity index (χ1n) is 9.72. The monoisotopic (exact) mass is 366 g/mol. The molecule has 0 radical (unpaired) electrons. The predicted molar refractivity (Wildman–Crippen MR) is 105 cm³/mol. The van der Waals surface area contributed by atoms with Gasteiger partial charge in [0.15, 0.2) is 0 Å². The van der Waals surface area contributed by atoms with Gasteiger partial charge in [0.2, 0.25) is 0 Å². The molecule has 1 aliphatic carbocycles. The molecule has 0 amide bonds. The van der Waals surface area contributed by atoms with E-state index in [0.717, 1.165) is 30.3 Å². The van der Waals surface area contributed by atoms with Gasteiger partial charge in [-0.1, -0.05) is 25.8 Å². The second kappa shape index (κ2) is 6.60. The van der Waals surface area contributed by atoms with Crippen molar-refractivity contribution in [2.24, 2.45) is 5.92 Å². The first-order valence-corrected chi connectivity index (χ1v) is 9.72. The van der Waals surface area contributed by atoms with E-state index in [1.807, 2.05) is 38.2 Å². The van der Waals surface area contributed by atoms with E-state index in [0.29, 0.717) is 17.7 Å². The van der Waals surface area contributed by atoms with Gasteiger partial charge in [0.1, 0.15) is 11.3 Å². The van der Waals surface area contributed by atoms with E-state index < -0.39 is 5.60 Å². The van der Waals surface area contributed by atoms with Crippen molar-refractivity contribution < 1.29 is 5.11 Å². The van der Waals surface area contributed by atoms with Crippen LogP contribution >= 0.6 is 0 Å². The summed E-state index contributed by atoms with van der Waals surface area (Å²) in [6, 6.07) is 7.48. The lowest BCUT2D eigenvalue weighted by Crippen LogP contribution is -2.37. The molecular formula is C21H26N4O2. The molecule has 3 aromatic heterocycles. The smallest absolute Gasteiger partial charge is 0.275 e. The van der Waals surface area contributed by atoms with Crippen LogP contribution in [-0.4, -0.2) is 24.5 Å². The summed E-state index contributed by atoms with van der Waals surface area (Å²) in [4.78, 5) is 13.2. The molecular weight excluding hydrogens is 340 g/mol. The lowest BCUT2D eigenvalue weighted by atomic mass is 9.73. The largest absolute Gasteiger partial charge is 0.383 e. The summed E-state index contributed by atoms with van der Waals surface area (Å²) in [5, 5.41) is 20.6. The van der Waals surface area contributed by atoms with Crippen molar-refractivity contribution in [1.29, 1.82) is 0 Å². The number of pyridine rings is 1. The van der Waals surface area contributed by atoms with E-state index in [1.54, 1.807) is 16.8 Å². The average Bonchev–Trinajstić information content (AvgIpc) is 3.04. The summed E-state index contributed by atoms with van der Waals surface area (Å²) in [6.45, 7) is 5.95. The summed E-state index contributed by atoms with van der Waals surface area (Å²) in [6.07, 6.45) is 7.20. The minimum atomic E-state index is -1.03. The zero-order valence-corrected chi connectivity index (χ0v) is 16.1. The Hall–Kier alpha value is -2.47. The van der Waals surface area contributed by atoms with Gasteiger partial charge in [-0.05, 0) is 50.8 Å². The molecule has 4 rings (SSSR count). The molecule has 6 heteroatoms. The van der Waals surface area contributed by atoms with Crippen LogP contribution in [0, 0.1) is 5.92 Å². The maximum atomic E-state index is 13.2. The molecule has 1 aliphatic rings. The summed E-state index contributed by atoms with van der Waals surface area (Å²) < 4.78 is 3.25. The van der Waals surface area contributed by atoms with Crippen LogP contribution < -0.4 is 5.56 Å². The fraction of sp³-hybridized carbons (Fsp3) is 0.476. The number of fused-ring (bicyclic) bond motifs is 1. The Labute approximate surface area is 158 Å². The van der Waals surface area contributed by atoms with Gasteiger partial charge in [0, 0.05) is 18.0 Å². The van der Waals surface area contributed by atoms with Crippen molar-refractivity contribution >= 4 is 5.52 Å². The van der Waals surface area contributed by atoms with Crippen LogP contribution in [-0.2, 0) is 5.60 Å². The molecule has 1 N–H and O–H groups in total. The number of rotatable bonds is 3. The molecule has 0 spiro atoms. The molecule has 142 valence electrons. The van der Waals surface area contributed by atoms with Crippen molar-refractivity contribution in [2.75, 3.05) is 0 Å². The van der Waals surface area contributed by atoms with Crippen molar-refractivity contribution in [3.63, 3.8) is 0 Å². The molecule has 0 aliphatic heterocycles. The van der Waals surface area contributed by atoms with Crippen molar-refractivity contribution in [1.82, 2.24) is 19.4 Å². The SMILES string of the molecule is CC(C)n1nccc(-c2c(C3(O)CCCCC3C)nn3ccccc23)c1=O. The minimum Gasteiger partial charge on any atom is -0.383 e. The van der Waals surface area contributed by atoms with Crippen LogP contribution in [0.5, 0.6) is 0 Å². The Morgan fingerprint density at radius 2 is 2.07 bits per heavy atom.